The molecule has 1 unspecified atom stereocenters. The van der Waals surface area contributed by atoms with E-state index in [2.05, 4.69) is 17.1 Å². The number of ether oxygens (including phenoxy) is 1. The van der Waals surface area contributed by atoms with E-state index in [9.17, 15) is 0 Å². The van der Waals surface area contributed by atoms with Gasteiger partial charge in [-0.3, -0.25) is 4.90 Å². The summed E-state index contributed by atoms with van der Waals surface area (Å²) in [7, 11) is 0. The molecule has 0 aromatic rings. The monoisotopic (exact) mass is 226 g/mol. The van der Waals surface area contributed by atoms with Crippen LogP contribution in [0.1, 0.15) is 39.0 Å². The van der Waals surface area contributed by atoms with Crippen molar-refractivity contribution in [1.82, 2.24) is 10.2 Å². The molecule has 2 rings (SSSR count). The Morgan fingerprint density at radius 1 is 1.25 bits per heavy atom. The fraction of sp³-hybridized carbons (Fsp3) is 1.00. The lowest BCUT2D eigenvalue weighted by atomic mass is 10.00. The van der Waals surface area contributed by atoms with Gasteiger partial charge in [0.25, 0.3) is 0 Å². The van der Waals surface area contributed by atoms with Crippen LogP contribution in [0, 0.1) is 0 Å². The second-order valence-corrected chi connectivity index (χ2v) is 5.11. The minimum atomic E-state index is 0.503. The molecule has 1 N–H and O–H groups in total. The highest BCUT2D eigenvalue weighted by atomic mass is 16.5. The Balaban J connectivity index is 1.76. The van der Waals surface area contributed by atoms with E-state index in [1.165, 1.54) is 51.9 Å². The van der Waals surface area contributed by atoms with Crippen molar-refractivity contribution >= 4 is 0 Å². The number of likely N-dealkylation sites (tertiary alicyclic amines) is 1. The molecule has 0 saturated carbocycles. The van der Waals surface area contributed by atoms with E-state index in [0.29, 0.717) is 6.10 Å². The Morgan fingerprint density at radius 3 is 2.81 bits per heavy atom. The van der Waals surface area contributed by atoms with Crippen LogP contribution in [-0.4, -0.2) is 49.8 Å². The first-order valence-corrected chi connectivity index (χ1v) is 6.96. The van der Waals surface area contributed by atoms with Crippen molar-refractivity contribution in [3.8, 4) is 0 Å². The summed E-state index contributed by atoms with van der Waals surface area (Å²) in [5.41, 5.74) is 0. The van der Waals surface area contributed by atoms with Crippen molar-refractivity contribution in [2.45, 2.75) is 51.2 Å². The summed E-state index contributed by atoms with van der Waals surface area (Å²) < 4.78 is 5.90. The molecule has 94 valence electrons. The van der Waals surface area contributed by atoms with Gasteiger partial charge in [0.2, 0.25) is 0 Å². The number of hydrogen-bond donors (Lipinski definition) is 1. The maximum absolute atomic E-state index is 5.90. The van der Waals surface area contributed by atoms with Gasteiger partial charge in [-0.2, -0.15) is 0 Å². The molecule has 0 amide bonds. The van der Waals surface area contributed by atoms with Crippen molar-refractivity contribution in [3.63, 3.8) is 0 Å². The van der Waals surface area contributed by atoms with Gasteiger partial charge in [0.05, 0.1) is 6.10 Å². The predicted molar refractivity (Wildman–Crippen MR) is 66.7 cm³/mol. The molecule has 16 heavy (non-hydrogen) atoms. The average Bonchev–Trinajstić information content (AvgIpc) is 2.38. The maximum atomic E-state index is 5.90. The largest absolute Gasteiger partial charge is 0.377 e. The topological polar surface area (TPSA) is 24.5 Å². The van der Waals surface area contributed by atoms with Gasteiger partial charge in [-0.15, -0.1) is 0 Å². The molecule has 0 spiro atoms. The van der Waals surface area contributed by atoms with E-state index >= 15 is 0 Å². The number of nitrogens with one attached hydrogen (secondary N) is 1. The Bertz CT molecular complexity index is 192. The number of piperidine rings is 2. The molecular weight excluding hydrogens is 200 g/mol. The van der Waals surface area contributed by atoms with Crippen molar-refractivity contribution < 1.29 is 4.74 Å². The second-order valence-electron chi connectivity index (χ2n) is 5.11. The van der Waals surface area contributed by atoms with Gasteiger partial charge in [-0.05, 0) is 51.7 Å². The van der Waals surface area contributed by atoms with Crippen LogP contribution in [0.3, 0.4) is 0 Å². The average molecular weight is 226 g/mol. The summed E-state index contributed by atoms with van der Waals surface area (Å²) in [6.45, 7) is 7.97. The zero-order valence-corrected chi connectivity index (χ0v) is 10.6. The summed E-state index contributed by atoms with van der Waals surface area (Å²) in [4.78, 5) is 2.67. The minimum Gasteiger partial charge on any atom is -0.377 e. The van der Waals surface area contributed by atoms with E-state index in [1.54, 1.807) is 0 Å². The molecule has 2 fully saturated rings. The van der Waals surface area contributed by atoms with Crippen LogP contribution >= 0.6 is 0 Å². The number of rotatable bonds is 4. The first-order valence-electron chi connectivity index (χ1n) is 6.96. The molecule has 0 aromatic carbocycles. The lowest BCUT2D eigenvalue weighted by Gasteiger charge is -2.40. The van der Waals surface area contributed by atoms with Crippen molar-refractivity contribution in [1.29, 1.82) is 0 Å². The van der Waals surface area contributed by atoms with Crippen LogP contribution in [0.15, 0.2) is 0 Å². The standard InChI is InChI=1S/C13H26N2O/c1-2-10-16-13-4-3-9-15(11-13)12-5-7-14-8-6-12/h12-14H,2-11H2,1H3. The molecule has 2 aliphatic heterocycles. The van der Waals surface area contributed by atoms with Gasteiger partial charge in [0, 0.05) is 19.2 Å². The molecule has 0 radical (unpaired) electrons. The first kappa shape index (κ1) is 12.3. The summed E-state index contributed by atoms with van der Waals surface area (Å²) >= 11 is 0. The van der Waals surface area contributed by atoms with Gasteiger partial charge >= 0.3 is 0 Å². The molecule has 1 atom stereocenters. The highest BCUT2D eigenvalue weighted by Crippen LogP contribution is 2.20. The molecule has 2 saturated heterocycles. The summed E-state index contributed by atoms with van der Waals surface area (Å²) in [6, 6.07) is 0.814. The SMILES string of the molecule is CCCOC1CCCN(C2CCNCC2)C1. The fourth-order valence-electron chi connectivity index (χ4n) is 2.89. The molecule has 3 heteroatoms. The van der Waals surface area contributed by atoms with Crippen molar-refractivity contribution in [2.24, 2.45) is 0 Å². The zero-order valence-electron chi connectivity index (χ0n) is 10.6. The molecular formula is C13H26N2O. The van der Waals surface area contributed by atoms with Crippen LogP contribution in [0.2, 0.25) is 0 Å². The summed E-state index contributed by atoms with van der Waals surface area (Å²) in [6.07, 6.45) is 6.87. The van der Waals surface area contributed by atoms with E-state index in [-0.39, 0.29) is 0 Å². The Labute approximate surface area is 99.5 Å². The Kier molecular flexibility index (Phi) is 5.07. The summed E-state index contributed by atoms with van der Waals surface area (Å²) in [5.74, 6) is 0. The van der Waals surface area contributed by atoms with Gasteiger partial charge < -0.3 is 10.1 Å². The van der Waals surface area contributed by atoms with Crippen LogP contribution in [0.4, 0.5) is 0 Å². The quantitative estimate of drug-likeness (QED) is 0.788. The Hall–Kier alpha value is -0.120. The molecule has 2 aliphatic rings. The lowest BCUT2D eigenvalue weighted by Crippen LogP contribution is -2.49. The zero-order chi connectivity index (χ0) is 11.2. The van der Waals surface area contributed by atoms with E-state index in [1.807, 2.05) is 0 Å². The molecule has 0 aliphatic carbocycles. The summed E-state index contributed by atoms with van der Waals surface area (Å²) in [5, 5.41) is 3.44. The lowest BCUT2D eigenvalue weighted by molar-refractivity contribution is -0.0162. The van der Waals surface area contributed by atoms with Gasteiger partial charge in [0.1, 0.15) is 0 Å². The van der Waals surface area contributed by atoms with Gasteiger partial charge in [0.15, 0.2) is 0 Å². The highest BCUT2D eigenvalue weighted by molar-refractivity contribution is 4.82. The van der Waals surface area contributed by atoms with Crippen molar-refractivity contribution in [2.75, 3.05) is 32.8 Å². The third-order valence-electron chi connectivity index (χ3n) is 3.79. The van der Waals surface area contributed by atoms with Crippen LogP contribution in [0.25, 0.3) is 0 Å². The third kappa shape index (κ3) is 3.44. The minimum absolute atomic E-state index is 0.503. The van der Waals surface area contributed by atoms with Gasteiger partial charge in [-0.1, -0.05) is 6.92 Å². The van der Waals surface area contributed by atoms with Gasteiger partial charge in [-0.25, -0.2) is 0 Å². The smallest absolute Gasteiger partial charge is 0.0702 e. The molecule has 0 aromatic heterocycles. The fourth-order valence-corrected chi connectivity index (χ4v) is 2.89. The molecule has 2 heterocycles. The second kappa shape index (κ2) is 6.58. The Morgan fingerprint density at radius 2 is 2.06 bits per heavy atom. The van der Waals surface area contributed by atoms with E-state index in [4.69, 9.17) is 4.74 Å². The highest BCUT2D eigenvalue weighted by Gasteiger charge is 2.26. The molecule has 0 bridgehead atoms. The normalized spacial score (nSPS) is 29.4. The van der Waals surface area contributed by atoms with Crippen molar-refractivity contribution in [3.05, 3.63) is 0 Å². The number of nitrogens with zero attached hydrogens (tertiary/aromatic N) is 1. The maximum Gasteiger partial charge on any atom is 0.0702 e. The molecule has 3 nitrogen and oxygen atoms in total. The van der Waals surface area contributed by atoms with E-state index < -0.39 is 0 Å². The van der Waals surface area contributed by atoms with Crippen LogP contribution in [-0.2, 0) is 4.74 Å². The predicted octanol–water partition coefficient (Wildman–Crippen LogP) is 1.63. The first-order chi connectivity index (χ1) is 7.90. The number of hydrogen-bond acceptors (Lipinski definition) is 3. The third-order valence-corrected chi connectivity index (χ3v) is 3.79. The van der Waals surface area contributed by atoms with Crippen LogP contribution in [0.5, 0.6) is 0 Å². The van der Waals surface area contributed by atoms with Crippen LogP contribution < -0.4 is 5.32 Å². The van der Waals surface area contributed by atoms with E-state index in [0.717, 1.165) is 19.1 Å².